The van der Waals surface area contributed by atoms with Crippen molar-refractivity contribution in [1.29, 1.82) is 5.26 Å². The number of rotatable bonds is 4. The first-order chi connectivity index (χ1) is 6.27. The van der Waals surface area contributed by atoms with Crippen LogP contribution in [0.25, 0.3) is 0 Å². The molecule has 3 heteroatoms. The van der Waals surface area contributed by atoms with E-state index in [4.69, 9.17) is 15.4 Å². The Kier molecular flexibility index (Phi) is 3.53. The van der Waals surface area contributed by atoms with Crippen molar-refractivity contribution in [3.8, 4) is 6.07 Å². The van der Waals surface area contributed by atoms with Crippen LogP contribution in [-0.4, -0.2) is 0 Å². The third-order valence-electron chi connectivity index (χ3n) is 1.86. The van der Waals surface area contributed by atoms with Crippen molar-refractivity contribution >= 4 is 0 Å². The SMILES string of the molecule is CCCc1ccc([C@H](N)CC#N)o1. The van der Waals surface area contributed by atoms with E-state index in [9.17, 15) is 0 Å². The highest BCUT2D eigenvalue weighted by Crippen LogP contribution is 2.17. The van der Waals surface area contributed by atoms with Gasteiger partial charge in [-0.2, -0.15) is 5.26 Å². The van der Waals surface area contributed by atoms with Crippen molar-refractivity contribution in [3.05, 3.63) is 23.7 Å². The molecule has 0 bridgehead atoms. The summed E-state index contributed by atoms with van der Waals surface area (Å²) in [6, 6.07) is 5.52. The molecule has 1 atom stereocenters. The van der Waals surface area contributed by atoms with Crippen molar-refractivity contribution in [2.75, 3.05) is 0 Å². The summed E-state index contributed by atoms with van der Waals surface area (Å²) in [6.07, 6.45) is 2.29. The lowest BCUT2D eigenvalue weighted by molar-refractivity contribution is 0.432. The first-order valence-corrected chi connectivity index (χ1v) is 4.49. The zero-order valence-electron chi connectivity index (χ0n) is 7.79. The minimum atomic E-state index is -0.282. The van der Waals surface area contributed by atoms with E-state index in [0.717, 1.165) is 18.6 Å². The number of nitriles is 1. The zero-order valence-corrected chi connectivity index (χ0v) is 7.79. The van der Waals surface area contributed by atoms with E-state index in [1.807, 2.05) is 18.2 Å². The third kappa shape index (κ3) is 2.60. The van der Waals surface area contributed by atoms with Crippen molar-refractivity contribution in [1.82, 2.24) is 0 Å². The summed E-state index contributed by atoms with van der Waals surface area (Å²) in [5, 5.41) is 8.44. The molecule has 0 aromatic carbocycles. The zero-order chi connectivity index (χ0) is 9.68. The maximum Gasteiger partial charge on any atom is 0.121 e. The predicted octanol–water partition coefficient (Wildman–Crippen LogP) is 2.15. The van der Waals surface area contributed by atoms with Gasteiger partial charge in [0.1, 0.15) is 11.5 Å². The second-order valence-electron chi connectivity index (χ2n) is 3.02. The van der Waals surface area contributed by atoms with Crippen molar-refractivity contribution < 1.29 is 4.42 Å². The lowest BCUT2D eigenvalue weighted by atomic mass is 10.2. The molecule has 0 amide bonds. The standard InChI is InChI=1S/C10H14N2O/c1-2-3-8-4-5-10(13-8)9(12)6-7-11/h4-5,9H,2-3,6,12H2,1H3/t9-/m1/s1. The van der Waals surface area contributed by atoms with Crippen LogP contribution in [0.1, 0.15) is 37.3 Å². The molecule has 0 fully saturated rings. The highest BCUT2D eigenvalue weighted by molar-refractivity contribution is 5.11. The van der Waals surface area contributed by atoms with E-state index in [1.54, 1.807) is 0 Å². The van der Waals surface area contributed by atoms with E-state index in [1.165, 1.54) is 0 Å². The molecule has 13 heavy (non-hydrogen) atoms. The van der Waals surface area contributed by atoms with Crippen LogP contribution in [0.3, 0.4) is 0 Å². The second-order valence-corrected chi connectivity index (χ2v) is 3.02. The summed E-state index contributed by atoms with van der Waals surface area (Å²) in [5.41, 5.74) is 5.70. The number of nitrogens with zero attached hydrogens (tertiary/aromatic N) is 1. The fraction of sp³-hybridized carbons (Fsp3) is 0.500. The summed E-state index contributed by atoms with van der Waals surface area (Å²) in [4.78, 5) is 0. The van der Waals surface area contributed by atoms with Crippen LogP contribution in [0.4, 0.5) is 0 Å². The van der Waals surface area contributed by atoms with Gasteiger partial charge in [0.05, 0.1) is 18.5 Å². The Bertz CT molecular complexity index is 298. The van der Waals surface area contributed by atoms with E-state index < -0.39 is 0 Å². The van der Waals surface area contributed by atoms with Crippen LogP contribution in [0.2, 0.25) is 0 Å². The van der Waals surface area contributed by atoms with Gasteiger partial charge in [-0.15, -0.1) is 0 Å². The Labute approximate surface area is 78.1 Å². The highest BCUT2D eigenvalue weighted by atomic mass is 16.3. The largest absolute Gasteiger partial charge is 0.464 e. The number of hydrogen-bond donors (Lipinski definition) is 1. The molecule has 70 valence electrons. The van der Waals surface area contributed by atoms with Crippen molar-refractivity contribution in [3.63, 3.8) is 0 Å². The average molecular weight is 178 g/mol. The first-order valence-electron chi connectivity index (χ1n) is 4.49. The van der Waals surface area contributed by atoms with E-state index in [0.29, 0.717) is 12.2 Å². The lowest BCUT2D eigenvalue weighted by Crippen LogP contribution is -2.07. The number of aryl methyl sites for hydroxylation is 1. The van der Waals surface area contributed by atoms with E-state index >= 15 is 0 Å². The van der Waals surface area contributed by atoms with Crippen molar-refractivity contribution in [2.45, 2.75) is 32.2 Å². The molecule has 0 spiro atoms. The normalized spacial score (nSPS) is 12.4. The molecule has 1 rings (SSSR count). The minimum absolute atomic E-state index is 0.282. The molecule has 1 aromatic heterocycles. The monoisotopic (exact) mass is 178 g/mol. The number of furan rings is 1. The molecule has 3 nitrogen and oxygen atoms in total. The van der Waals surface area contributed by atoms with Crippen LogP contribution in [0.5, 0.6) is 0 Å². The lowest BCUT2D eigenvalue weighted by Gasteiger charge is -2.01. The molecule has 1 aromatic rings. The van der Waals surface area contributed by atoms with Gasteiger partial charge in [0.2, 0.25) is 0 Å². The molecule has 1 heterocycles. The molecule has 0 saturated carbocycles. The molecular formula is C10H14N2O. The summed E-state index contributed by atoms with van der Waals surface area (Å²) in [5.74, 6) is 1.66. The molecule has 0 aliphatic rings. The van der Waals surface area contributed by atoms with Gasteiger partial charge in [-0.25, -0.2) is 0 Å². The smallest absolute Gasteiger partial charge is 0.121 e. The van der Waals surface area contributed by atoms with Crippen LogP contribution >= 0.6 is 0 Å². The van der Waals surface area contributed by atoms with Crippen LogP contribution < -0.4 is 5.73 Å². The minimum Gasteiger partial charge on any atom is -0.464 e. The fourth-order valence-corrected chi connectivity index (χ4v) is 1.17. The van der Waals surface area contributed by atoms with Crippen molar-refractivity contribution in [2.24, 2.45) is 5.73 Å². The Hall–Kier alpha value is -1.27. The van der Waals surface area contributed by atoms with Gasteiger partial charge < -0.3 is 10.2 Å². The van der Waals surface area contributed by atoms with Crippen LogP contribution in [0.15, 0.2) is 16.5 Å². The highest BCUT2D eigenvalue weighted by Gasteiger charge is 2.09. The molecule has 2 N–H and O–H groups in total. The maximum absolute atomic E-state index is 8.44. The summed E-state index contributed by atoms with van der Waals surface area (Å²) < 4.78 is 5.46. The van der Waals surface area contributed by atoms with E-state index in [-0.39, 0.29) is 6.04 Å². The Balaban J connectivity index is 2.63. The van der Waals surface area contributed by atoms with Gasteiger partial charge in [-0.1, -0.05) is 6.92 Å². The molecule has 0 unspecified atom stereocenters. The van der Waals surface area contributed by atoms with Crippen LogP contribution in [-0.2, 0) is 6.42 Å². The topological polar surface area (TPSA) is 63.0 Å². The molecule has 0 aliphatic heterocycles. The summed E-state index contributed by atoms with van der Waals surface area (Å²) in [6.45, 7) is 2.09. The average Bonchev–Trinajstić information content (AvgIpc) is 2.54. The third-order valence-corrected chi connectivity index (χ3v) is 1.86. The van der Waals surface area contributed by atoms with Gasteiger partial charge in [0.25, 0.3) is 0 Å². The van der Waals surface area contributed by atoms with Gasteiger partial charge in [-0.3, -0.25) is 0 Å². The maximum atomic E-state index is 8.44. The molecule has 0 aliphatic carbocycles. The first kappa shape index (κ1) is 9.82. The Morgan fingerprint density at radius 1 is 1.62 bits per heavy atom. The predicted molar refractivity (Wildman–Crippen MR) is 49.9 cm³/mol. The van der Waals surface area contributed by atoms with Crippen LogP contribution in [0, 0.1) is 11.3 Å². The van der Waals surface area contributed by atoms with Gasteiger partial charge in [-0.05, 0) is 18.6 Å². The number of hydrogen-bond acceptors (Lipinski definition) is 3. The second kappa shape index (κ2) is 4.68. The summed E-state index contributed by atoms with van der Waals surface area (Å²) >= 11 is 0. The molecule has 0 radical (unpaired) electrons. The fourth-order valence-electron chi connectivity index (χ4n) is 1.17. The molecule has 0 saturated heterocycles. The Morgan fingerprint density at radius 2 is 2.38 bits per heavy atom. The van der Waals surface area contributed by atoms with Gasteiger partial charge in [0, 0.05) is 6.42 Å². The molecular weight excluding hydrogens is 164 g/mol. The quantitative estimate of drug-likeness (QED) is 0.768. The number of nitrogens with two attached hydrogens (primary N) is 1. The van der Waals surface area contributed by atoms with Gasteiger partial charge in [0.15, 0.2) is 0 Å². The van der Waals surface area contributed by atoms with Gasteiger partial charge >= 0.3 is 0 Å². The summed E-state index contributed by atoms with van der Waals surface area (Å²) in [7, 11) is 0. The Morgan fingerprint density at radius 3 is 3.00 bits per heavy atom. The van der Waals surface area contributed by atoms with E-state index in [2.05, 4.69) is 6.92 Å².